The van der Waals surface area contributed by atoms with E-state index in [2.05, 4.69) is 11.2 Å². The van der Waals surface area contributed by atoms with Crippen LogP contribution in [0.2, 0.25) is 0 Å². The van der Waals surface area contributed by atoms with E-state index in [1.54, 1.807) is 0 Å². The van der Waals surface area contributed by atoms with Crippen LogP contribution in [0.4, 0.5) is 5.69 Å². The number of amides is 1. The van der Waals surface area contributed by atoms with Gasteiger partial charge in [-0.2, -0.15) is 5.10 Å². The van der Waals surface area contributed by atoms with Crippen molar-refractivity contribution in [2.24, 2.45) is 0 Å². The molecule has 0 fully saturated rings. The van der Waals surface area contributed by atoms with Gasteiger partial charge in [0.05, 0.1) is 6.20 Å². The largest absolute Gasteiger partial charge is 0.312 e. The number of anilines is 1. The Bertz CT molecular complexity index is 618. The first-order valence-electron chi connectivity index (χ1n) is 7.11. The van der Waals surface area contributed by atoms with Gasteiger partial charge in [0, 0.05) is 31.4 Å². The van der Waals surface area contributed by atoms with Crippen molar-refractivity contribution in [1.82, 2.24) is 9.78 Å². The molecule has 1 aromatic heterocycles. The van der Waals surface area contributed by atoms with Gasteiger partial charge in [0.25, 0.3) is 0 Å². The molecule has 0 atom stereocenters. The molecule has 0 radical (unpaired) electrons. The van der Waals surface area contributed by atoms with Crippen molar-refractivity contribution < 1.29 is 4.79 Å². The smallest absolute Gasteiger partial charge is 0.227 e. The van der Waals surface area contributed by atoms with Gasteiger partial charge in [-0.3, -0.25) is 9.48 Å². The lowest BCUT2D eigenvalue weighted by Crippen LogP contribution is -2.36. The van der Waals surface area contributed by atoms with Gasteiger partial charge in [-0.25, -0.2) is 0 Å². The summed E-state index contributed by atoms with van der Waals surface area (Å²) in [5.74, 6) is 0.236. The number of aryl methyl sites for hydroxylation is 3. The lowest BCUT2D eigenvalue weighted by atomic mass is 10.0. The molecule has 4 nitrogen and oxygen atoms in total. The van der Waals surface area contributed by atoms with Crippen LogP contribution in [0, 0.1) is 6.92 Å². The van der Waals surface area contributed by atoms with Crippen molar-refractivity contribution in [2.75, 3.05) is 11.4 Å². The van der Waals surface area contributed by atoms with E-state index in [-0.39, 0.29) is 5.91 Å². The lowest BCUT2D eigenvalue weighted by molar-refractivity contribution is -0.118. The highest BCUT2D eigenvalue weighted by molar-refractivity contribution is 5.96. The van der Waals surface area contributed by atoms with E-state index < -0.39 is 0 Å². The molecule has 0 unspecified atom stereocenters. The van der Waals surface area contributed by atoms with Crippen molar-refractivity contribution >= 4 is 11.6 Å². The normalized spacial score (nSPS) is 14.4. The van der Waals surface area contributed by atoms with Crippen LogP contribution in [0.15, 0.2) is 36.7 Å². The molecule has 0 bridgehead atoms. The number of para-hydroxylation sites is 1. The van der Waals surface area contributed by atoms with Crippen LogP contribution in [0.1, 0.15) is 24.0 Å². The van der Waals surface area contributed by atoms with Crippen molar-refractivity contribution in [3.63, 3.8) is 0 Å². The molecule has 4 heteroatoms. The summed E-state index contributed by atoms with van der Waals surface area (Å²) < 4.78 is 1.94. The molecule has 2 heterocycles. The first-order chi connectivity index (χ1) is 9.74. The summed E-state index contributed by atoms with van der Waals surface area (Å²) in [5.41, 5.74) is 3.53. The summed E-state index contributed by atoms with van der Waals surface area (Å²) >= 11 is 0. The summed E-state index contributed by atoms with van der Waals surface area (Å²) in [6, 6.07) is 8.21. The lowest BCUT2D eigenvalue weighted by Gasteiger charge is -2.29. The number of fused-ring (bicyclic) bond motifs is 1. The van der Waals surface area contributed by atoms with Crippen LogP contribution >= 0.6 is 0 Å². The van der Waals surface area contributed by atoms with Gasteiger partial charge in [-0.1, -0.05) is 18.2 Å². The van der Waals surface area contributed by atoms with Gasteiger partial charge >= 0.3 is 0 Å². The number of nitrogens with zero attached hydrogens (tertiary/aromatic N) is 3. The molecule has 0 saturated heterocycles. The Kier molecular flexibility index (Phi) is 3.54. The number of carbonyl (C=O) groups excluding carboxylic acids is 1. The zero-order valence-electron chi connectivity index (χ0n) is 11.7. The minimum Gasteiger partial charge on any atom is -0.312 e. The van der Waals surface area contributed by atoms with Gasteiger partial charge < -0.3 is 4.90 Å². The van der Waals surface area contributed by atoms with E-state index in [9.17, 15) is 4.79 Å². The first-order valence-corrected chi connectivity index (χ1v) is 7.11. The van der Waals surface area contributed by atoms with Gasteiger partial charge in [0.2, 0.25) is 5.91 Å². The minimum absolute atomic E-state index is 0.236. The third kappa shape index (κ3) is 2.59. The van der Waals surface area contributed by atoms with Crippen LogP contribution in [-0.2, 0) is 17.8 Å². The predicted octanol–water partition coefficient (Wildman–Crippen LogP) is 2.56. The number of hydrogen-bond acceptors (Lipinski definition) is 2. The minimum atomic E-state index is 0.236. The maximum Gasteiger partial charge on any atom is 0.227 e. The van der Waals surface area contributed by atoms with E-state index >= 15 is 0 Å². The Morgan fingerprint density at radius 1 is 1.20 bits per heavy atom. The molecule has 2 aromatic rings. The van der Waals surface area contributed by atoms with Crippen molar-refractivity contribution in [3.8, 4) is 0 Å². The van der Waals surface area contributed by atoms with Crippen molar-refractivity contribution in [1.29, 1.82) is 0 Å². The van der Waals surface area contributed by atoms with Crippen LogP contribution < -0.4 is 4.90 Å². The van der Waals surface area contributed by atoms with Crippen LogP contribution in [0.25, 0.3) is 0 Å². The highest BCUT2D eigenvalue weighted by atomic mass is 16.2. The zero-order valence-corrected chi connectivity index (χ0v) is 11.7. The fourth-order valence-corrected chi connectivity index (χ4v) is 2.72. The monoisotopic (exact) mass is 269 g/mol. The van der Waals surface area contributed by atoms with Crippen molar-refractivity contribution in [3.05, 3.63) is 47.8 Å². The molecule has 0 saturated carbocycles. The fourth-order valence-electron chi connectivity index (χ4n) is 2.72. The number of aromatic nitrogens is 2. The van der Waals surface area contributed by atoms with Gasteiger partial charge in [-0.05, 0) is 37.0 Å². The second-order valence-corrected chi connectivity index (χ2v) is 5.31. The quantitative estimate of drug-likeness (QED) is 0.855. The standard InChI is InChI=1S/C16H19N3O/c1-13-11-17-18(12-13)9-4-10-19-15-6-3-2-5-14(15)7-8-16(19)20/h2-3,5-6,11-12H,4,7-10H2,1H3. The van der Waals surface area contributed by atoms with Crippen molar-refractivity contribution in [2.45, 2.75) is 32.7 Å². The Balaban J connectivity index is 1.66. The van der Waals surface area contributed by atoms with Gasteiger partial charge in [-0.15, -0.1) is 0 Å². The second kappa shape index (κ2) is 5.49. The van der Waals surface area contributed by atoms with Gasteiger partial charge in [0.15, 0.2) is 0 Å². The SMILES string of the molecule is Cc1cnn(CCCN2C(=O)CCc3ccccc32)c1. The molecule has 1 aromatic carbocycles. The molecule has 0 N–H and O–H groups in total. The molecular weight excluding hydrogens is 250 g/mol. The number of benzene rings is 1. The topological polar surface area (TPSA) is 38.1 Å². The summed E-state index contributed by atoms with van der Waals surface area (Å²) in [6.45, 7) is 3.64. The highest BCUT2D eigenvalue weighted by Gasteiger charge is 2.22. The maximum absolute atomic E-state index is 12.1. The third-order valence-electron chi connectivity index (χ3n) is 3.72. The molecular formula is C16H19N3O. The van der Waals surface area contributed by atoms with E-state index in [0.717, 1.165) is 31.6 Å². The van der Waals surface area contributed by atoms with E-state index in [1.807, 2.05) is 47.1 Å². The average Bonchev–Trinajstić information content (AvgIpc) is 2.87. The molecule has 20 heavy (non-hydrogen) atoms. The molecule has 3 rings (SSSR count). The Hall–Kier alpha value is -2.10. The summed E-state index contributed by atoms with van der Waals surface area (Å²) in [7, 11) is 0. The molecule has 1 aliphatic heterocycles. The Morgan fingerprint density at radius 2 is 2.05 bits per heavy atom. The Morgan fingerprint density at radius 3 is 2.85 bits per heavy atom. The molecule has 1 amide bonds. The van der Waals surface area contributed by atoms with Gasteiger partial charge in [0.1, 0.15) is 0 Å². The molecule has 1 aliphatic rings. The maximum atomic E-state index is 12.1. The van der Waals surface area contributed by atoms with E-state index in [0.29, 0.717) is 6.42 Å². The van der Waals surface area contributed by atoms with Crippen LogP contribution in [-0.4, -0.2) is 22.2 Å². The fraction of sp³-hybridized carbons (Fsp3) is 0.375. The third-order valence-corrected chi connectivity index (χ3v) is 3.72. The summed E-state index contributed by atoms with van der Waals surface area (Å²) in [6.07, 6.45) is 6.30. The molecule has 0 spiro atoms. The average molecular weight is 269 g/mol. The number of hydrogen-bond donors (Lipinski definition) is 0. The Labute approximate surface area is 119 Å². The van der Waals surface area contributed by atoms with E-state index in [1.165, 1.54) is 11.1 Å². The summed E-state index contributed by atoms with van der Waals surface area (Å²) in [5, 5.41) is 4.27. The zero-order chi connectivity index (χ0) is 13.9. The van der Waals surface area contributed by atoms with Crippen LogP contribution in [0.5, 0.6) is 0 Å². The predicted molar refractivity (Wildman–Crippen MR) is 78.7 cm³/mol. The highest BCUT2D eigenvalue weighted by Crippen LogP contribution is 2.27. The van der Waals surface area contributed by atoms with E-state index in [4.69, 9.17) is 0 Å². The first kappa shape index (κ1) is 12.9. The molecule has 0 aliphatic carbocycles. The second-order valence-electron chi connectivity index (χ2n) is 5.31. The number of carbonyl (C=O) groups is 1. The number of rotatable bonds is 4. The summed E-state index contributed by atoms with van der Waals surface area (Å²) in [4.78, 5) is 14.0. The van der Waals surface area contributed by atoms with Crippen LogP contribution in [0.3, 0.4) is 0 Å². The molecule has 104 valence electrons.